The van der Waals surface area contributed by atoms with E-state index in [-0.39, 0.29) is 12.3 Å². The molecule has 0 atom stereocenters. The zero-order valence-electron chi connectivity index (χ0n) is 15.5. The number of rotatable bonds is 5. The number of amides is 1. The van der Waals surface area contributed by atoms with Crippen LogP contribution in [0.4, 0.5) is 0 Å². The summed E-state index contributed by atoms with van der Waals surface area (Å²) in [4.78, 5) is 17.4. The number of nitrogens with zero attached hydrogens (tertiary/aromatic N) is 1. The third-order valence-electron chi connectivity index (χ3n) is 4.95. The number of halogens is 1. The predicted molar refractivity (Wildman–Crippen MR) is 112 cm³/mol. The Morgan fingerprint density at radius 3 is 2.82 bits per heavy atom. The number of hydrogen-bond donors (Lipinski definition) is 1. The average Bonchev–Trinajstić information content (AvgIpc) is 3.31. The quantitative estimate of drug-likeness (QED) is 0.591. The lowest BCUT2D eigenvalue weighted by molar-refractivity contribution is -0.123. The van der Waals surface area contributed by atoms with Crippen LogP contribution in [0.2, 0.25) is 0 Å². The number of carbonyl (C=O) groups excluding carboxylic acids is 1. The van der Waals surface area contributed by atoms with Gasteiger partial charge in [-0.3, -0.25) is 4.79 Å². The van der Waals surface area contributed by atoms with E-state index in [4.69, 9.17) is 9.15 Å². The van der Waals surface area contributed by atoms with Gasteiger partial charge in [-0.2, -0.15) is 0 Å². The molecule has 2 aromatic heterocycles. The molecule has 1 aliphatic heterocycles. The first-order chi connectivity index (χ1) is 13.5. The number of ether oxygens (including phenoxy) is 1. The van der Waals surface area contributed by atoms with Crippen molar-refractivity contribution in [2.45, 2.75) is 31.7 Å². The summed E-state index contributed by atoms with van der Waals surface area (Å²) in [6.07, 6.45) is 1.75. The van der Waals surface area contributed by atoms with Gasteiger partial charge in [0.25, 0.3) is 0 Å². The lowest BCUT2D eigenvalue weighted by Crippen LogP contribution is -2.50. The molecule has 5 nitrogen and oxygen atoms in total. The van der Waals surface area contributed by atoms with Crippen molar-refractivity contribution in [1.82, 2.24) is 10.3 Å². The molecule has 1 N–H and O–H groups in total. The van der Waals surface area contributed by atoms with Crippen molar-refractivity contribution >= 4 is 33.2 Å². The van der Waals surface area contributed by atoms with Gasteiger partial charge in [0.1, 0.15) is 5.76 Å². The number of aryl methyl sites for hydroxylation is 1. The summed E-state index contributed by atoms with van der Waals surface area (Å²) in [5, 5.41) is 5.99. The summed E-state index contributed by atoms with van der Waals surface area (Å²) in [7, 11) is 0. The molecule has 1 saturated heterocycles. The van der Waals surface area contributed by atoms with E-state index in [1.807, 2.05) is 36.6 Å². The average molecular weight is 461 g/mol. The highest BCUT2D eigenvalue weighted by Crippen LogP contribution is 2.34. The minimum Gasteiger partial charge on any atom is -0.459 e. The van der Waals surface area contributed by atoms with Crippen molar-refractivity contribution in [1.29, 1.82) is 0 Å². The normalized spacial score (nSPS) is 16.1. The highest BCUT2D eigenvalue weighted by atomic mass is 79.9. The summed E-state index contributed by atoms with van der Waals surface area (Å²) < 4.78 is 12.2. The van der Waals surface area contributed by atoms with Crippen molar-refractivity contribution in [3.05, 3.63) is 63.3 Å². The van der Waals surface area contributed by atoms with Crippen LogP contribution < -0.4 is 5.32 Å². The van der Waals surface area contributed by atoms with Gasteiger partial charge in [-0.25, -0.2) is 4.98 Å². The van der Waals surface area contributed by atoms with Crippen molar-refractivity contribution in [3.8, 4) is 10.8 Å². The van der Waals surface area contributed by atoms with Gasteiger partial charge in [-0.15, -0.1) is 11.3 Å². The first-order valence-corrected chi connectivity index (χ1v) is 10.9. The van der Waals surface area contributed by atoms with Gasteiger partial charge in [0.05, 0.1) is 17.7 Å². The minimum atomic E-state index is -0.407. The molecule has 0 aliphatic carbocycles. The summed E-state index contributed by atoms with van der Waals surface area (Å²) in [5.74, 6) is 1.55. The first kappa shape index (κ1) is 19.4. The molecule has 28 heavy (non-hydrogen) atoms. The molecular weight excluding hydrogens is 440 g/mol. The van der Waals surface area contributed by atoms with E-state index in [9.17, 15) is 4.79 Å². The third-order valence-corrected chi connectivity index (χ3v) is 6.35. The molecule has 0 spiro atoms. The van der Waals surface area contributed by atoms with E-state index in [1.165, 1.54) is 11.3 Å². The maximum atomic E-state index is 12.9. The Bertz CT molecular complexity index is 975. The minimum absolute atomic E-state index is 0.0330. The Kier molecular flexibility index (Phi) is 5.66. The molecule has 1 fully saturated rings. The van der Waals surface area contributed by atoms with Crippen molar-refractivity contribution in [3.63, 3.8) is 0 Å². The van der Waals surface area contributed by atoms with E-state index < -0.39 is 5.54 Å². The molecule has 0 saturated carbocycles. The van der Waals surface area contributed by atoms with Gasteiger partial charge >= 0.3 is 0 Å². The Hall–Kier alpha value is -1.96. The van der Waals surface area contributed by atoms with E-state index in [2.05, 4.69) is 38.4 Å². The number of aromatic nitrogens is 1. The topological polar surface area (TPSA) is 64.4 Å². The molecule has 3 heterocycles. The van der Waals surface area contributed by atoms with E-state index in [1.54, 1.807) is 0 Å². The maximum absolute atomic E-state index is 12.9. The summed E-state index contributed by atoms with van der Waals surface area (Å²) >= 11 is 5.03. The van der Waals surface area contributed by atoms with E-state index >= 15 is 0 Å². The Balaban J connectivity index is 1.50. The van der Waals surface area contributed by atoms with Crippen molar-refractivity contribution in [2.24, 2.45) is 0 Å². The highest BCUT2D eigenvalue weighted by Gasteiger charge is 2.36. The van der Waals surface area contributed by atoms with Crippen LogP contribution in [0.25, 0.3) is 10.8 Å². The van der Waals surface area contributed by atoms with Gasteiger partial charge in [0.15, 0.2) is 10.8 Å². The molecule has 0 radical (unpaired) electrons. The Morgan fingerprint density at radius 1 is 1.29 bits per heavy atom. The van der Waals surface area contributed by atoms with E-state index in [0.29, 0.717) is 13.2 Å². The second kappa shape index (κ2) is 8.19. The molecule has 4 rings (SSSR count). The van der Waals surface area contributed by atoms with Crippen LogP contribution in [0.15, 0.2) is 50.7 Å². The molecule has 0 unspecified atom stereocenters. The highest BCUT2D eigenvalue weighted by molar-refractivity contribution is 9.10. The number of benzene rings is 1. The number of carbonyl (C=O) groups is 1. The lowest BCUT2D eigenvalue weighted by atomic mass is 9.82. The number of nitrogens with one attached hydrogen (secondary N) is 1. The van der Waals surface area contributed by atoms with Crippen LogP contribution in [-0.2, 0) is 21.5 Å². The Labute approximate surface area is 176 Å². The number of thiazole rings is 1. The zero-order chi connectivity index (χ0) is 19.6. The maximum Gasteiger partial charge on any atom is 0.226 e. The number of hydrogen-bond acceptors (Lipinski definition) is 5. The SMILES string of the molecule is Cc1ccc(-c2nc(CC(=O)NC3(c4cccc(Br)c4)CCOCC3)cs2)o1. The largest absolute Gasteiger partial charge is 0.459 e. The van der Waals surface area contributed by atoms with Crippen LogP contribution in [0, 0.1) is 6.92 Å². The molecule has 1 aromatic carbocycles. The van der Waals surface area contributed by atoms with Crippen molar-refractivity contribution in [2.75, 3.05) is 13.2 Å². The molecule has 7 heteroatoms. The number of furan rings is 1. The molecule has 3 aromatic rings. The van der Waals surface area contributed by atoms with Gasteiger partial charge in [-0.1, -0.05) is 28.1 Å². The summed E-state index contributed by atoms with van der Waals surface area (Å²) in [5.41, 5.74) is 1.45. The third kappa shape index (κ3) is 4.21. The molecule has 0 bridgehead atoms. The molecular formula is C21H21BrN2O3S. The molecule has 1 aliphatic rings. The standard InChI is InChI=1S/C21H21BrN2O3S/c1-14-5-6-18(27-14)20-23-17(13-28-20)12-19(25)24-21(7-9-26-10-8-21)15-3-2-4-16(22)11-15/h2-6,11,13H,7-10,12H2,1H3,(H,24,25). The second-order valence-corrected chi connectivity index (χ2v) is 8.76. The zero-order valence-corrected chi connectivity index (χ0v) is 17.9. The molecule has 1 amide bonds. The summed E-state index contributed by atoms with van der Waals surface area (Å²) in [6, 6.07) is 12.0. The fourth-order valence-corrected chi connectivity index (χ4v) is 4.70. The summed E-state index contributed by atoms with van der Waals surface area (Å²) in [6.45, 7) is 3.16. The predicted octanol–water partition coefficient (Wildman–Crippen LogP) is 4.84. The monoisotopic (exact) mass is 460 g/mol. The fourth-order valence-electron chi connectivity index (χ4n) is 3.52. The van der Waals surface area contributed by atoms with E-state index in [0.717, 1.165) is 45.1 Å². The smallest absolute Gasteiger partial charge is 0.226 e. The van der Waals surface area contributed by atoms with Gasteiger partial charge < -0.3 is 14.5 Å². The van der Waals surface area contributed by atoms with Crippen LogP contribution in [0.3, 0.4) is 0 Å². The Morgan fingerprint density at radius 2 is 2.11 bits per heavy atom. The van der Waals surface area contributed by atoms with Gasteiger partial charge in [-0.05, 0) is 49.6 Å². The fraction of sp³-hybridized carbons (Fsp3) is 0.333. The lowest BCUT2D eigenvalue weighted by Gasteiger charge is -2.38. The first-order valence-electron chi connectivity index (χ1n) is 9.20. The van der Waals surface area contributed by atoms with Crippen molar-refractivity contribution < 1.29 is 13.9 Å². The van der Waals surface area contributed by atoms with Gasteiger partial charge in [0.2, 0.25) is 5.91 Å². The molecule has 146 valence electrons. The van der Waals surface area contributed by atoms with Crippen LogP contribution >= 0.6 is 27.3 Å². The van der Waals surface area contributed by atoms with Crippen LogP contribution in [0.5, 0.6) is 0 Å². The van der Waals surface area contributed by atoms with Crippen LogP contribution in [-0.4, -0.2) is 24.1 Å². The van der Waals surface area contributed by atoms with Gasteiger partial charge in [0, 0.05) is 23.1 Å². The van der Waals surface area contributed by atoms with Crippen LogP contribution in [0.1, 0.15) is 29.9 Å². The second-order valence-electron chi connectivity index (χ2n) is 6.98.